The Kier molecular flexibility index (Phi) is 6.68. The fraction of sp³-hybridized carbons (Fsp3) is 0.316. The Morgan fingerprint density at radius 2 is 1.85 bits per heavy atom. The minimum atomic E-state index is -3.40. The van der Waals surface area contributed by atoms with E-state index in [2.05, 4.69) is 4.72 Å². The number of benzene rings is 2. The van der Waals surface area contributed by atoms with E-state index in [4.69, 9.17) is 9.47 Å². The van der Waals surface area contributed by atoms with Crippen molar-refractivity contribution in [3.05, 3.63) is 53.6 Å². The number of nitrogens with one attached hydrogen (secondary N) is 1. The summed E-state index contributed by atoms with van der Waals surface area (Å²) in [5.74, 6) is 1.02. The number of hydrogen-bond acceptors (Lipinski definition) is 5. The molecule has 2 aromatic carbocycles. The molecule has 0 heterocycles. The zero-order valence-corrected chi connectivity index (χ0v) is 16.7. The summed E-state index contributed by atoms with van der Waals surface area (Å²) in [6.45, 7) is 1.88. The Labute approximate surface area is 160 Å². The highest BCUT2D eigenvalue weighted by atomic mass is 32.2. The second-order valence-corrected chi connectivity index (χ2v) is 7.94. The zero-order valence-electron chi connectivity index (χ0n) is 15.9. The molecule has 0 atom stereocenters. The van der Waals surface area contributed by atoms with Crippen molar-refractivity contribution >= 4 is 21.6 Å². The monoisotopic (exact) mass is 392 g/mol. The molecule has 1 amide bonds. The molecule has 0 saturated carbocycles. The molecule has 27 heavy (non-hydrogen) atoms. The van der Waals surface area contributed by atoms with E-state index in [0.29, 0.717) is 29.3 Å². The van der Waals surface area contributed by atoms with Crippen LogP contribution in [0.1, 0.15) is 22.8 Å². The average molecular weight is 392 g/mol. The van der Waals surface area contributed by atoms with E-state index in [1.54, 1.807) is 58.5 Å². The van der Waals surface area contributed by atoms with E-state index >= 15 is 0 Å². The highest BCUT2D eigenvalue weighted by Crippen LogP contribution is 2.26. The van der Waals surface area contributed by atoms with Gasteiger partial charge in [0.2, 0.25) is 10.0 Å². The van der Waals surface area contributed by atoms with Crippen molar-refractivity contribution in [2.75, 3.05) is 31.7 Å². The van der Waals surface area contributed by atoms with Gasteiger partial charge in [-0.05, 0) is 37.3 Å². The number of nitrogens with zero attached hydrogens (tertiary/aromatic N) is 1. The number of ether oxygens (including phenoxy) is 2. The first kappa shape index (κ1) is 20.6. The molecule has 0 aliphatic rings. The Balaban J connectivity index is 2.18. The van der Waals surface area contributed by atoms with Crippen molar-refractivity contribution in [2.24, 2.45) is 0 Å². The Morgan fingerprint density at radius 1 is 1.11 bits per heavy atom. The Morgan fingerprint density at radius 3 is 2.48 bits per heavy atom. The maximum Gasteiger partial charge on any atom is 0.253 e. The van der Waals surface area contributed by atoms with Crippen molar-refractivity contribution < 1.29 is 22.7 Å². The highest BCUT2D eigenvalue weighted by molar-refractivity contribution is 7.92. The second-order valence-electron chi connectivity index (χ2n) is 5.93. The molecule has 0 spiro atoms. The lowest BCUT2D eigenvalue weighted by Crippen LogP contribution is -2.26. The van der Waals surface area contributed by atoms with Crippen LogP contribution in [-0.4, -0.2) is 46.2 Å². The van der Waals surface area contributed by atoms with Gasteiger partial charge in [0.05, 0.1) is 20.0 Å². The second kappa shape index (κ2) is 8.77. The highest BCUT2D eigenvalue weighted by Gasteiger charge is 2.16. The molecule has 1 N–H and O–H groups in total. The molecule has 0 saturated heterocycles. The molecule has 0 aliphatic carbocycles. The maximum absolute atomic E-state index is 12.7. The topological polar surface area (TPSA) is 84.9 Å². The summed E-state index contributed by atoms with van der Waals surface area (Å²) in [6.07, 6.45) is 0. The van der Waals surface area contributed by atoms with Crippen molar-refractivity contribution in [1.29, 1.82) is 0 Å². The molecule has 0 bridgehead atoms. The molecular formula is C19H24N2O5S. The van der Waals surface area contributed by atoms with Gasteiger partial charge in [0.15, 0.2) is 0 Å². The van der Waals surface area contributed by atoms with E-state index < -0.39 is 10.0 Å². The van der Waals surface area contributed by atoms with Crippen LogP contribution >= 0.6 is 0 Å². The van der Waals surface area contributed by atoms with E-state index in [1.165, 1.54) is 11.0 Å². The van der Waals surface area contributed by atoms with Crippen molar-refractivity contribution in [1.82, 2.24) is 4.90 Å². The number of methoxy groups -OCH3 is 2. The van der Waals surface area contributed by atoms with Crippen molar-refractivity contribution in [3.63, 3.8) is 0 Å². The lowest BCUT2D eigenvalue weighted by Gasteiger charge is -2.20. The van der Waals surface area contributed by atoms with Crippen LogP contribution in [0.3, 0.4) is 0 Å². The van der Waals surface area contributed by atoms with Crippen LogP contribution in [0.5, 0.6) is 11.5 Å². The van der Waals surface area contributed by atoms with Crippen LogP contribution in [0, 0.1) is 0 Å². The minimum absolute atomic E-state index is 0.0393. The summed E-state index contributed by atoms with van der Waals surface area (Å²) in [5, 5.41) is 0. The standard InChI is InChI=1S/C19H24N2O5S/c1-5-27(23,24)20-16-8-6-7-14(11-16)19(22)21(2)13-15-9-10-17(25-3)12-18(15)26-4/h6-12,20H,5,13H2,1-4H3. The van der Waals surface area contributed by atoms with Crippen LogP contribution in [-0.2, 0) is 16.6 Å². The third kappa shape index (κ3) is 5.37. The van der Waals surface area contributed by atoms with Gasteiger partial charge in [-0.2, -0.15) is 0 Å². The summed E-state index contributed by atoms with van der Waals surface area (Å²) in [7, 11) is 1.40. The lowest BCUT2D eigenvalue weighted by atomic mass is 10.1. The summed E-state index contributed by atoms with van der Waals surface area (Å²) in [6, 6.07) is 11.8. The van der Waals surface area contributed by atoms with Gasteiger partial charge in [-0.1, -0.05) is 6.07 Å². The first-order chi connectivity index (χ1) is 12.8. The molecule has 0 unspecified atom stereocenters. The first-order valence-corrected chi connectivity index (χ1v) is 10.0. The van der Waals surface area contributed by atoms with Gasteiger partial charge in [-0.3, -0.25) is 9.52 Å². The summed E-state index contributed by atoms with van der Waals surface area (Å²) >= 11 is 0. The van der Waals surface area contributed by atoms with Crippen molar-refractivity contribution in [3.8, 4) is 11.5 Å². The number of sulfonamides is 1. The van der Waals surface area contributed by atoms with Gasteiger partial charge >= 0.3 is 0 Å². The SMILES string of the molecule is CCS(=O)(=O)Nc1cccc(C(=O)N(C)Cc2ccc(OC)cc2OC)c1. The van der Waals surface area contributed by atoms with Crippen LogP contribution in [0.2, 0.25) is 0 Å². The third-order valence-electron chi connectivity index (χ3n) is 4.01. The molecule has 0 aliphatic heterocycles. The van der Waals surface area contributed by atoms with Gasteiger partial charge in [0.1, 0.15) is 11.5 Å². The number of anilines is 1. The van der Waals surface area contributed by atoms with Gasteiger partial charge in [-0.25, -0.2) is 8.42 Å². The largest absolute Gasteiger partial charge is 0.497 e. The average Bonchev–Trinajstić information content (AvgIpc) is 2.67. The maximum atomic E-state index is 12.7. The van der Waals surface area contributed by atoms with Gasteiger partial charge in [-0.15, -0.1) is 0 Å². The van der Waals surface area contributed by atoms with Gasteiger partial charge in [0, 0.05) is 36.5 Å². The van der Waals surface area contributed by atoms with E-state index in [0.717, 1.165) is 5.56 Å². The van der Waals surface area contributed by atoms with Gasteiger partial charge in [0.25, 0.3) is 5.91 Å². The molecule has 0 fully saturated rings. The zero-order chi connectivity index (χ0) is 20.0. The third-order valence-corrected chi connectivity index (χ3v) is 5.32. The number of hydrogen-bond donors (Lipinski definition) is 1. The van der Waals surface area contributed by atoms with E-state index in [1.807, 2.05) is 6.07 Å². The summed E-state index contributed by atoms with van der Waals surface area (Å²) in [5.41, 5.74) is 1.58. The predicted octanol–water partition coefficient (Wildman–Crippen LogP) is 2.74. The summed E-state index contributed by atoms with van der Waals surface area (Å²) < 4.78 is 36.4. The molecule has 2 rings (SSSR count). The molecule has 146 valence electrons. The molecule has 2 aromatic rings. The summed E-state index contributed by atoms with van der Waals surface area (Å²) in [4.78, 5) is 14.3. The smallest absolute Gasteiger partial charge is 0.253 e. The van der Waals surface area contributed by atoms with Crippen LogP contribution in [0.15, 0.2) is 42.5 Å². The lowest BCUT2D eigenvalue weighted by molar-refractivity contribution is 0.0784. The number of amides is 1. The van der Waals surface area contributed by atoms with E-state index in [-0.39, 0.29) is 11.7 Å². The number of rotatable bonds is 8. The van der Waals surface area contributed by atoms with Crippen molar-refractivity contribution in [2.45, 2.75) is 13.5 Å². The van der Waals surface area contributed by atoms with Gasteiger partial charge < -0.3 is 14.4 Å². The molecule has 0 radical (unpaired) electrons. The first-order valence-electron chi connectivity index (χ1n) is 8.36. The normalized spacial score (nSPS) is 11.0. The minimum Gasteiger partial charge on any atom is -0.497 e. The van der Waals surface area contributed by atoms with Crippen LogP contribution in [0.25, 0.3) is 0 Å². The van der Waals surface area contributed by atoms with E-state index in [9.17, 15) is 13.2 Å². The Hall–Kier alpha value is -2.74. The fourth-order valence-corrected chi connectivity index (χ4v) is 3.13. The Bertz CT molecular complexity index is 912. The molecule has 7 nitrogen and oxygen atoms in total. The number of carbonyl (C=O) groups is 1. The quantitative estimate of drug-likeness (QED) is 0.747. The molecular weight excluding hydrogens is 368 g/mol. The molecule has 8 heteroatoms. The fourth-order valence-electron chi connectivity index (χ4n) is 2.50. The van der Waals surface area contributed by atoms with Crippen LogP contribution < -0.4 is 14.2 Å². The predicted molar refractivity (Wildman–Crippen MR) is 105 cm³/mol. The molecule has 0 aromatic heterocycles. The number of carbonyl (C=O) groups excluding carboxylic acids is 1. The van der Waals surface area contributed by atoms with Crippen LogP contribution in [0.4, 0.5) is 5.69 Å².